The highest BCUT2D eigenvalue weighted by atomic mass is 19.1. The number of fused-ring (bicyclic) bond motifs is 1. The van der Waals surface area contributed by atoms with Gasteiger partial charge in [-0.15, -0.1) is 0 Å². The van der Waals surface area contributed by atoms with Gasteiger partial charge in [0.1, 0.15) is 37.5 Å². The molecule has 0 radical (unpaired) electrons. The van der Waals surface area contributed by atoms with E-state index in [-0.39, 0.29) is 19.1 Å². The molecule has 0 saturated heterocycles. The van der Waals surface area contributed by atoms with E-state index < -0.39 is 11.9 Å². The van der Waals surface area contributed by atoms with Gasteiger partial charge in [-0.1, -0.05) is 12.1 Å². The Bertz CT molecular complexity index is 752. The molecule has 6 nitrogen and oxygen atoms in total. The van der Waals surface area contributed by atoms with Crippen molar-refractivity contribution in [3.63, 3.8) is 0 Å². The van der Waals surface area contributed by atoms with Crippen LogP contribution in [0.3, 0.4) is 0 Å². The number of carbonyl (C=O) groups excluding carboxylic acids is 1. The summed E-state index contributed by atoms with van der Waals surface area (Å²) in [5, 5.41) is 12.5. The lowest BCUT2D eigenvalue weighted by Crippen LogP contribution is -2.35. The molecule has 3 rings (SSSR count). The van der Waals surface area contributed by atoms with Gasteiger partial charge >= 0.3 is 0 Å². The molecule has 1 heterocycles. The highest BCUT2D eigenvalue weighted by molar-refractivity contribution is 5.97. The number of aliphatic hydroxyl groups excluding tert-OH is 1. The molecule has 0 fully saturated rings. The fourth-order valence-electron chi connectivity index (χ4n) is 2.37. The molecule has 1 aliphatic rings. The predicted molar refractivity (Wildman–Crippen MR) is 87.7 cm³/mol. The zero-order valence-electron chi connectivity index (χ0n) is 13.4. The summed E-state index contributed by atoms with van der Waals surface area (Å²) in [5.41, 5.74) is 0.343. The second-order valence-corrected chi connectivity index (χ2v) is 5.46. The average Bonchev–Trinajstić information content (AvgIpc) is 2.64. The van der Waals surface area contributed by atoms with Gasteiger partial charge in [0.2, 0.25) is 0 Å². The highest BCUT2D eigenvalue weighted by Gasteiger charge is 2.20. The van der Waals surface area contributed by atoms with Crippen molar-refractivity contribution >= 4 is 5.91 Å². The van der Waals surface area contributed by atoms with Gasteiger partial charge in [-0.2, -0.15) is 0 Å². The van der Waals surface area contributed by atoms with Crippen LogP contribution in [0.1, 0.15) is 10.4 Å². The fourth-order valence-corrected chi connectivity index (χ4v) is 2.37. The molecular formula is C18H18FNO5. The molecular weight excluding hydrogens is 329 g/mol. The number of nitrogens with one attached hydrogen (secondary N) is 1. The van der Waals surface area contributed by atoms with E-state index in [2.05, 4.69) is 5.32 Å². The topological polar surface area (TPSA) is 77.0 Å². The molecule has 0 bridgehead atoms. The van der Waals surface area contributed by atoms with E-state index >= 15 is 0 Å². The number of rotatable bonds is 6. The van der Waals surface area contributed by atoms with E-state index in [1.165, 1.54) is 18.2 Å². The first-order valence-electron chi connectivity index (χ1n) is 7.87. The smallest absolute Gasteiger partial charge is 0.255 e. The summed E-state index contributed by atoms with van der Waals surface area (Å²) in [6.45, 7) is 0.727. The third kappa shape index (κ3) is 4.39. The van der Waals surface area contributed by atoms with Crippen LogP contribution in [0.25, 0.3) is 0 Å². The van der Waals surface area contributed by atoms with Crippen molar-refractivity contribution in [2.24, 2.45) is 0 Å². The SMILES string of the molecule is O=C(NC[C@@H](O)COc1cccc(F)c1)c1cccc2c1OCCO2. The van der Waals surface area contributed by atoms with Gasteiger partial charge in [-0.05, 0) is 24.3 Å². The normalized spacial score (nSPS) is 13.8. The molecule has 0 unspecified atom stereocenters. The van der Waals surface area contributed by atoms with Gasteiger partial charge < -0.3 is 24.6 Å². The lowest BCUT2D eigenvalue weighted by Gasteiger charge is -2.21. The van der Waals surface area contributed by atoms with E-state index in [0.29, 0.717) is 36.0 Å². The van der Waals surface area contributed by atoms with Gasteiger partial charge in [-0.3, -0.25) is 4.79 Å². The molecule has 0 saturated carbocycles. The largest absolute Gasteiger partial charge is 0.491 e. The van der Waals surface area contributed by atoms with Crippen LogP contribution in [0.4, 0.5) is 4.39 Å². The van der Waals surface area contributed by atoms with Gasteiger partial charge in [0.15, 0.2) is 11.5 Å². The number of halogens is 1. The van der Waals surface area contributed by atoms with E-state index in [9.17, 15) is 14.3 Å². The van der Waals surface area contributed by atoms with Crippen LogP contribution < -0.4 is 19.5 Å². The van der Waals surface area contributed by atoms with Crippen LogP contribution in [0.5, 0.6) is 17.2 Å². The van der Waals surface area contributed by atoms with E-state index in [1.54, 1.807) is 24.3 Å². The summed E-state index contributed by atoms with van der Waals surface area (Å²) in [6, 6.07) is 10.7. The van der Waals surface area contributed by atoms with Gasteiger partial charge in [0.25, 0.3) is 5.91 Å². The number of ether oxygens (including phenoxy) is 3. The van der Waals surface area contributed by atoms with Crippen molar-refractivity contribution in [3.8, 4) is 17.2 Å². The number of carbonyl (C=O) groups is 1. The summed E-state index contributed by atoms with van der Waals surface area (Å²) in [5.74, 6) is 0.433. The Morgan fingerprint density at radius 3 is 2.88 bits per heavy atom. The van der Waals surface area contributed by atoms with Crippen molar-refractivity contribution in [1.82, 2.24) is 5.32 Å². The van der Waals surface area contributed by atoms with Crippen LogP contribution >= 0.6 is 0 Å². The summed E-state index contributed by atoms with van der Waals surface area (Å²) in [6.07, 6.45) is -0.941. The fraction of sp³-hybridized carbons (Fsp3) is 0.278. The molecule has 0 aromatic heterocycles. The first kappa shape index (κ1) is 17.0. The summed E-state index contributed by atoms with van der Waals surface area (Å²) in [4.78, 5) is 12.3. The maximum absolute atomic E-state index is 13.0. The number of para-hydroxylation sites is 1. The molecule has 0 aliphatic carbocycles. The summed E-state index contributed by atoms with van der Waals surface area (Å²) < 4.78 is 29.3. The molecule has 1 atom stereocenters. The summed E-state index contributed by atoms with van der Waals surface area (Å²) in [7, 11) is 0. The average molecular weight is 347 g/mol. The van der Waals surface area contributed by atoms with Crippen molar-refractivity contribution in [1.29, 1.82) is 0 Å². The van der Waals surface area contributed by atoms with Crippen LogP contribution in [0.15, 0.2) is 42.5 Å². The number of hydrogen-bond donors (Lipinski definition) is 2. The van der Waals surface area contributed by atoms with Crippen molar-refractivity contribution in [3.05, 3.63) is 53.8 Å². The van der Waals surface area contributed by atoms with Crippen molar-refractivity contribution in [2.45, 2.75) is 6.10 Å². The number of hydrogen-bond acceptors (Lipinski definition) is 5. The Morgan fingerprint density at radius 2 is 2.04 bits per heavy atom. The molecule has 2 N–H and O–H groups in total. The van der Waals surface area contributed by atoms with Crippen LogP contribution in [-0.2, 0) is 0 Å². The lowest BCUT2D eigenvalue weighted by atomic mass is 10.1. The van der Waals surface area contributed by atoms with E-state index in [0.717, 1.165) is 0 Å². The van der Waals surface area contributed by atoms with E-state index in [1.807, 2.05) is 0 Å². The molecule has 1 amide bonds. The Balaban J connectivity index is 1.52. The number of aliphatic hydroxyl groups is 1. The summed E-state index contributed by atoms with van der Waals surface area (Å²) >= 11 is 0. The Labute approximate surface area is 144 Å². The molecule has 7 heteroatoms. The Kier molecular flexibility index (Phi) is 5.35. The number of amides is 1. The highest BCUT2D eigenvalue weighted by Crippen LogP contribution is 2.33. The minimum Gasteiger partial charge on any atom is -0.491 e. The lowest BCUT2D eigenvalue weighted by molar-refractivity contribution is 0.0835. The van der Waals surface area contributed by atoms with Crippen molar-refractivity contribution in [2.75, 3.05) is 26.4 Å². The van der Waals surface area contributed by atoms with Gasteiger partial charge in [0.05, 0.1) is 5.56 Å². The molecule has 1 aliphatic heterocycles. The van der Waals surface area contributed by atoms with E-state index in [4.69, 9.17) is 14.2 Å². The third-order valence-electron chi connectivity index (χ3n) is 3.55. The van der Waals surface area contributed by atoms with Gasteiger partial charge in [-0.25, -0.2) is 4.39 Å². The molecule has 0 spiro atoms. The maximum atomic E-state index is 13.0. The molecule has 2 aromatic carbocycles. The monoisotopic (exact) mass is 347 g/mol. The minimum atomic E-state index is -0.941. The molecule has 2 aromatic rings. The third-order valence-corrected chi connectivity index (χ3v) is 3.55. The quantitative estimate of drug-likeness (QED) is 0.833. The first-order valence-corrected chi connectivity index (χ1v) is 7.87. The second kappa shape index (κ2) is 7.85. The van der Waals surface area contributed by atoms with Gasteiger partial charge in [0, 0.05) is 12.6 Å². The minimum absolute atomic E-state index is 0.0152. The van der Waals surface area contributed by atoms with Crippen LogP contribution in [-0.4, -0.2) is 43.5 Å². The van der Waals surface area contributed by atoms with Crippen LogP contribution in [0.2, 0.25) is 0 Å². The Hall–Kier alpha value is -2.80. The predicted octanol–water partition coefficient (Wildman–Crippen LogP) is 1.77. The Morgan fingerprint density at radius 1 is 1.24 bits per heavy atom. The first-order chi connectivity index (χ1) is 12.1. The standard InChI is InChI=1S/C18H18FNO5/c19-12-3-1-4-14(9-12)25-11-13(21)10-20-18(22)15-5-2-6-16-17(15)24-8-7-23-16/h1-6,9,13,21H,7-8,10-11H2,(H,20,22)/t13-/m1/s1. The maximum Gasteiger partial charge on any atom is 0.255 e. The van der Waals surface area contributed by atoms with Crippen LogP contribution in [0, 0.1) is 5.82 Å². The molecule has 132 valence electrons. The number of benzene rings is 2. The zero-order chi connectivity index (χ0) is 17.6. The molecule has 25 heavy (non-hydrogen) atoms. The zero-order valence-corrected chi connectivity index (χ0v) is 13.4. The van der Waals surface area contributed by atoms with Crippen molar-refractivity contribution < 1.29 is 28.5 Å². The second-order valence-electron chi connectivity index (χ2n) is 5.46.